The van der Waals surface area contributed by atoms with Gasteiger partial charge >= 0.3 is 18.0 Å². The van der Waals surface area contributed by atoms with E-state index < -0.39 is 24.6 Å². The average molecular weight is 407 g/mol. The van der Waals surface area contributed by atoms with Gasteiger partial charge in [0.15, 0.2) is 0 Å². The van der Waals surface area contributed by atoms with Gasteiger partial charge in [-0.05, 0) is 6.92 Å². The van der Waals surface area contributed by atoms with Crippen LogP contribution < -0.4 is 5.32 Å². The smallest absolute Gasteiger partial charge is 0.407 e. The molecular formula is C17H29NO10. The number of carbonyl (C=O) groups is 3. The SMILES string of the molecule is C=C(C)C(=O)OC(=O)COCCNC(=O)OCCOCCOCCOCCO. The molecule has 28 heavy (non-hydrogen) atoms. The summed E-state index contributed by atoms with van der Waals surface area (Å²) in [5.74, 6) is -1.65. The Morgan fingerprint density at radius 3 is 2.00 bits per heavy atom. The molecule has 0 unspecified atom stereocenters. The number of esters is 2. The second kappa shape index (κ2) is 18.3. The van der Waals surface area contributed by atoms with Gasteiger partial charge in [-0.3, -0.25) is 0 Å². The topological polar surface area (TPSA) is 139 Å². The van der Waals surface area contributed by atoms with Crippen molar-refractivity contribution in [1.82, 2.24) is 5.32 Å². The number of nitrogens with one attached hydrogen (secondary N) is 1. The van der Waals surface area contributed by atoms with Gasteiger partial charge in [0.1, 0.15) is 13.2 Å². The number of ether oxygens (including phenoxy) is 6. The van der Waals surface area contributed by atoms with Gasteiger partial charge in [0, 0.05) is 12.1 Å². The number of hydrogen-bond donors (Lipinski definition) is 2. The molecular weight excluding hydrogens is 378 g/mol. The predicted octanol–water partition coefficient (Wildman–Crippen LogP) is -0.583. The maximum atomic E-state index is 11.4. The van der Waals surface area contributed by atoms with Crippen LogP contribution in [0.25, 0.3) is 0 Å². The van der Waals surface area contributed by atoms with Crippen LogP contribution in [-0.2, 0) is 38.0 Å². The Hall–Kier alpha value is -2.05. The molecule has 0 saturated carbocycles. The zero-order valence-electron chi connectivity index (χ0n) is 16.1. The fourth-order valence-corrected chi connectivity index (χ4v) is 1.45. The maximum Gasteiger partial charge on any atom is 0.407 e. The third-order valence-electron chi connectivity index (χ3n) is 2.73. The third kappa shape index (κ3) is 17.4. The van der Waals surface area contributed by atoms with Gasteiger partial charge in [-0.2, -0.15) is 0 Å². The molecule has 0 atom stereocenters. The molecule has 0 rings (SSSR count). The van der Waals surface area contributed by atoms with Crippen LogP contribution in [0.5, 0.6) is 0 Å². The summed E-state index contributed by atoms with van der Waals surface area (Å²) in [5.41, 5.74) is 0.109. The summed E-state index contributed by atoms with van der Waals surface area (Å²) < 4.78 is 29.6. The minimum atomic E-state index is -0.839. The van der Waals surface area contributed by atoms with Crippen LogP contribution in [0.3, 0.4) is 0 Å². The molecule has 0 aromatic heterocycles. The first-order valence-corrected chi connectivity index (χ1v) is 8.70. The van der Waals surface area contributed by atoms with Gasteiger partial charge < -0.3 is 38.8 Å². The fraction of sp³-hybridized carbons (Fsp3) is 0.706. The average Bonchev–Trinajstić information content (AvgIpc) is 2.65. The maximum absolute atomic E-state index is 11.4. The number of carbonyl (C=O) groups excluding carboxylic acids is 3. The highest BCUT2D eigenvalue weighted by atomic mass is 16.6. The molecule has 0 fully saturated rings. The van der Waals surface area contributed by atoms with E-state index in [4.69, 9.17) is 28.8 Å². The Morgan fingerprint density at radius 1 is 0.857 bits per heavy atom. The van der Waals surface area contributed by atoms with E-state index in [9.17, 15) is 14.4 Å². The summed E-state index contributed by atoms with van der Waals surface area (Å²) in [7, 11) is 0. The molecule has 162 valence electrons. The lowest BCUT2D eigenvalue weighted by Crippen LogP contribution is -2.30. The second-order valence-electron chi connectivity index (χ2n) is 5.22. The third-order valence-corrected chi connectivity index (χ3v) is 2.73. The minimum absolute atomic E-state index is 0.0175. The molecule has 0 saturated heterocycles. The van der Waals surface area contributed by atoms with Crippen molar-refractivity contribution >= 4 is 18.0 Å². The molecule has 2 N–H and O–H groups in total. The Labute approximate surface area is 163 Å². The van der Waals surface area contributed by atoms with E-state index in [1.54, 1.807) is 0 Å². The first-order chi connectivity index (χ1) is 13.5. The van der Waals surface area contributed by atoms with E-state index in [2.05, 4.69) is 16.6 Å². The highest BCUT2D eigenvalue weighted by Gasteiger charge is 2.10. The van der Waals surface area contributed by atoms with Crippen molar-refractivity contribution in [1.29, 1.82) is 0 Å². The predicted molar refractivity (Wildman–Crippen MR) is 95.6 cm³/mol. The van der Waals surface area contributed by atoms with E-state index in [0.717, 1.165) is 0 Å². The first kappa shape index (κ1) is 26.0. The zero-order chi connectivity index (χ0) is 21.0. The normalized spacial score (nSPS) is 10.4. The van der Waals surface area contributed by atoms with Crippen LogP contribution in [-0.4, -0.2) is 95.8 Å². The van der Waals surface area contributed by atoms with E-state index in [-0.39, 0.29) is 45.2 Å². The molecule has 0 aromatic rings. The fourth-order valence-electron chi connectivity index (χ4n) is 1.45. The summed E-state index contributed by atoms with van der Waals surface area (Å²) in [6, 6.07) is 0. The van der Waals surface area contributed by atoms with Crippen molar-refractivity contribution in [3.63, 3.8) is 0 Å². The molecule has 0 aliphatic heterocycles. The summed E-state index contributed by atoms with van der Waals surface area (Å²) >= 11 is 0. The summed E-state index contributed by atoms with van der Waals surface area (Å²) in [5, 5.41) is 10.9. The summed E-state index contributed by atoms with van der Waals surface area (Å²) in [6.45, 7) is 6.61. The van der Waals surface area contributed by atoms with Crippen LogP contribution in [0.2, 0.25) is 0 Å². The lowest BCUT2D eigenvalue weighted by atomic mass is 10.4. The van der Waals surface area contributed by atoms with E-state index in [1.807, 2.05) is 0 Å². The zero-order valence-corrected chi connectivity index (χ0v) is 16.1. The second-order valence-corrected chi connectivity index (χ2v) is 5.22. The van der Waals surface area contributed by atoms with Gasteiger partial charge in [-0.25, -0.2) is 14.4 Å². The first-order valence-electron chi connectivity index (χ1n) is 8.70. The molecule has 11 heteroatoms. The minimum Gasteiger partial charge on any atom is -0.447 e. The quantitative estimate of drug-likeness (QED) is 0.139. The Morgan fingerprint density at radius 2 is 1.43 bits per heavy atom. The van der Waals surface area contributed by atoms with Crippen molar-refractivity contribution < 1.29 is 47.9 Å². The van der Waals surface area contributed by atoms with Gasteiger partial charge in [-0.1, -0.05) is 6.58 Å². The van der Waals surface area contributed by atoms with Crippen LogP contribution in [0.1, 0.15) is 6.92 Å². The molecule has 0 aliphatic rings. The summed E-state index contributed by atoms with van der Waals surface area (Å²) in [4.78, 5) is 33.7. The van der Waals surface area contributed by atoms with Crippen molar-refractivity contribution in [2.75, 3.05) is 72.6 Å². The van der Waals surface area contributed by atoms with E-state index >= 15 is 0 Å². The van der Waals surface area contributed by atoms with Gasteiger partial charge in [0.25, 0.3) is 0 Å². The van der Waals surface area contributed by atoms with Gasteiger partial charge in [0.05, 0.1) is 52.9 Å². The van der Waals surface area contributed by atoms with Crippen molar-refractivity contribution in [2.45, 2.75) is 6.92 Å². The lowest BCUT2D eigenvalue weighted by Gasteiger charge is -2.08. The number of aliphatic hydroxyl groups is 1. The molecule has 0 aromatic carbocycles. The molecule has 0 aliphatic carbocycles. The van der Waals surface area contributed by atoms with Gasteiger partial charge in [0.2, 0.25) is 0 Å². The highest BCUT2D eigenvalue weighted by molar-refractivity contribution is 5.95. The highest BCUT2D eigenvalue weighted by Crippen LogP contribution is 1.93. The lowest BCUT2D eigenvalue weighted by molar-refractivity contribution is -0.160. The Balaban J connectivity index is 3.37. The number of aliphatic hydroxyl groups excluding tert-OH is 1. The number of hydrogen-bond acceptors (Lipinski definition) is 10. The van der Waals surface area contributed by atoms with Crippen molar-refractivity contribution in [2.24, 2.45) is 0 Å². The monoisotopic (exact) mass is 407 g/mol. The van der Waals surface area contributed by atoms with Crippen LogP contribution in [0, 0.1) is 0 Å². The standard InChI is InChI=1S/C17H29NO10/c1-14(2)16(21)28-15(20)13-26-5-3-18-17(22)27-12-11-25-10-9-24-8-7-23-6-4-19/h19H,1,3-13H2,2H3,(H,18,22). The number of amides is 1. The van der Waals surface area contributed by atoms with Gasteiger partial charge in [-0.15, -0.1) is 0 Å². The number of rotatable bonds is 17. The Kier molecular flexibility index (Phi) is 17.0. The molecule has 11 nitrogen and oxygen atoms in total. The van der Waals surface area contributed by atoms with Crippen molar-refractivity contribution in [3.05, 3.63) is 12.2 Å². The molecule has 0 radical (unpaired) electrons. The van der Waals surface area contributed by atoms with Crippen LogP contribution in [0.15, 0.2) is 12.2 Å². The molecule has 0 bridgehead atoms. The number of alkyl carbamates (subject to hydrolysis) is 1. The largest absolute Gasteiger partial charge is 0.447 e. The molecule has 0 heterocycles. The molecule has 0 spiro atoms. The summed E-state index contributed by atoms with van der Waals surface area (Å²) in [6.07, 6.45) is -0.649. The van der Waals surface area contributed by atoms with E-state index in [1.165, 1.54) is 6.92 Å². The Bertz CT molecular complexity index is 469. The van der Waals surface area contributed by atoms with Crippen LogP contribution in [0.4, 0.5) is 4.79 Å². The van der Waals surface area contributed by atoms with Crippen LogP contribution >= 0.6 is 0 Å². The molecule has 1 amide bonds. The van der Waals surface area contributed by atoms with Crippen molar-refractivity contribution in [3.8, 4) is 0 Å². The van der Waals surface area contributed by atoms with E-state index in [0.29, 0.717) is 26.4 Å².